The fourth-order valence-corrected chi connectivity index (χ4v) is 9.76. The van der Waals surface area contributed by atoms with Crippen LogP contribution in [0.3, 0.4) is 0 Å². The minimum atomic E-state index is -1.75. The van der Waals surface area contributed by atoms with Gasteiger partial charge in [-0.15, -0.1) is 0 Å². The van der Waals surface area contributed by atoms with Gasteiger partial charge in [0.25, 0.3) is 17.4 Å². The van der Waals surface area contributed by atoms with Crippen LogP contribution >= 0.6 is 11.6 Å². The van der Waals surface area contributed by atoms with Gasteiger partial charge in [-0.25, -0.2) is 32.9 Å². The Balaban J connectivity index is 1.19. The number of carbonyl (C=O) groups excluding carboxylic acids is 2. The van der Waals surface area contributed by atoms with E-state index in [4.69, 9.17) is 25.8 Å². The zero-order valence-electron chi connectivity index (χ0n) is 34.5. The predicted molar refractivity (Wildman–Crippen MR) is 229 cm³/mol. The van der Waals surface area contributed by atoms with E-state index in [1.54, 1.807) is 74.6 Å². The molecule has 2 N–H and O–H groups in total. The first kappa shape index (κ1) is 41.2. The van der Waals surface area contributed by atoms with E-state index in [9.17, 15) is 28.7 Å². The number of phenols is 1. The highest BCUT2D eigenvalue weighted by atomic mass is 35.5. The number of aryl methyl sites for hydroxylation is 2. The average Bonchev–Trinajstić information content (AvgIpc) is 3.65. The lowest BCUT2D eigenvalue weighted by molar-refractivity contribution is -0.138. The summed E-state index contributed by atoms with van der Waals surface area (Å²) >= 11 is 6.39. The van der Waals surface area contributed by atoms with Crippen LogP contribution in [-0.2, 0) is 41.6 Å². The molecule has 2 amide bonds. The lowest BCUT2D eigenvalue weighted by Crippen LogP contribution is -2.53. The number of nitrogens with zero attached hydrogens (tertiary/aromatic N) is 6. The molecule has 18 heteroatoms. The molecule has 2 aliphatic heterocycles. The quantitative estimate of drug-likeness (QED) is 0.134. The average molecular weight is 878 g/mol. The highest BCUT2D eigenvalue weighted by Gasteiger charge is 2.69. The molecule has 63 heavy (non-hydrogen) atoms. The first-order chi connectivity index (χ1) is 30.3. The van der Waals surface area contributed by atoms with Crippen molar-refractivity contribution in [2.75, 3.05) is 26.3 Å². The summed E-state index contributed by atoms with van der Waals surface area (Å²) in [7, 11) is 4.55. The summed E-state index contributed by atoms with van der Waals surface area (Å²) in [4.78, 5) is 77.5. The number of amides is 2. The molecule has 1 saturated carbocycles. The molecule has 1 aliphatic carbocycles. The second kappa shape index (κ2) is 15.6. The van der Waals surface area contributed by atoms with Crippen molar-refractivity contribution in [3.63, 3.8) is 0 Å². The van der Waals surface area contributed by atoms with Gasteiger partial charge in [0.1, 0.15) is 11.5 Å². The summed E-state index contributed by atoms with van der Waals surface area (Å²) in [5.41, 5.74) is 1.82. The van der Waals surface area contributed by atoms with Gasteiger partial charge in [-0.2, -0.15) is 5.01 Å². The topological polar surface area (TPSA) is 181 Å². The van der Waals surface area contributed by atoms with E-state index in [0.29, 0.717) is 38.7 Å². The Hall–Kier alpha value is -7.14. The van der Waals surface area contributed by atoms with Crippen molar-refractivity contribution in [2.45, 2.75) is 50.2 Å². The first-order valence-electron chi connectivity index (χ1n) is 20.2. The maximum Gasteiger partial charge on any atom is 0.347 e. The molecule has 16 nitrogen and oxygen atoms in total. The molecule has 0 unspecified atom stereocenters. The van der Waals surface area contributed by atoms with Gasteiger partial charge in [0.15, 0.2) is 23.0 Å². The number of benzene rings is 4. The molecule has 2 aromatic heterocycles. The number of aromatic nitrogens is 5. The van der Waals surface area contributed by atoms with Crippen LogP contribution in [0.25, 0.3) is 11.0 Å². The predicted octanol–water partition coefficient (Wildman–Crippen LogP) is 4.83. The Morgan fingerprint density at radius 1 is 0.937 bits per heavy atom. The smallest absolute Gasteiger partial charge is 0.347 e. The molecule has 0 bridgehead atoms. The van der Waals surface area contributed by atoms with Crippen molar-refractivity contribution in [1.29, 1.82) is 0 Å². The number of phenolic OH excluding ortho intramolecular Hbond substituents is 1. The summed E-state index contributed by atoms with van der Waals surface area (Å²) in [5.74, 6) is -3.45. The minimum Gasteiger partial charge on any atom is -0.504 e. The van der Waals surface area contributed by atoms with Gasteiger partial charge in [0.2, 0.25) is 0 Å². The number of anilines is 1. The molecule has 0 radical (unpaired) electrons. The van der Waals surface area contributed by atoms with E-state index in [1.165, 1.54) is 52.4 Å². The van der Waals surface area contributed by atoms with Crippen molar-refractivity contribution >= 4 is 40.1 Å². The maximum absolute atomic E-state index is 15.4. The Morgan fingerprint density at radius 3 is 2.35 bits per heavy atom. The van der Waals surface area contributed by atoms with Crippen molar-refractivity contribution in [1.82, 2.24) is 28.5 Å². The number of para-hydroxylation sites is 1. The molecule has 324 valence electrons. The van der Waals surface area contributed by atoms with Crippen LogP contribution in [0.5, 0.6) is 23.0 Å². The van der Waals surface area contributed by atoms with E-state index in [1.807, 2.05) is 0 Å². The standard InChI is InChI=1S/C45H41ClFN7O9/c1-5-63-35-8-6-7-29(39(35)55)38-28-17-20-52-43(59)51(19-18-31-41(57)50(2)34-23-37(62-4)36(61-3)22-32(34)48-31)44(60)54(52)33(28)21-30-40(56)53(49-27-15-13-26(47)14-16-27)42(58)45(30,38)24-9-11-25(46)12-10-24/h6-17,22-23,30,33,38,49,55H,5,18-21H2,1-4H3/t30-,33+,38+,45+/m0/s1. The van der Waals surface area contributed by atoms with E-state index < -0.39 is 57.9 Å². The number of methoxy groups -OCH3 is 2. The Bertz CT molecular complexity index is 3070. The van der Waals surface area contributed by atoms with Gasteiger partial charge in [0, 0.05) is 48.6 Å². The molecule has 4 heterocycles. The Labute approximate surface area is 362 Å². The second-order valence-electron chi connectivity index (χ2n) is 15.6. The van der Waals surface area contributed by atoms with E-state index in [2.05, 4.69) is 10.4 Å². The molecule has 1 saturated heterocycles. The molecule has 0 spiro atoms. The molecule has 2 fully saturated rings. The number of aromatic hydroxyl groups is 1. The van der Waals surface area contributed by atoms with Crippen molar-refractivity contribution in [3.05, 3.63) is 149 Å². The normalized spacial score (nSPS) is 20.3. The number of hydrogen-bond acceptors (Lipinski definition) is 11. The lowest BCUT2D eigenvalue weighted by atomic mass is 9.53. The van der Waals surface area contributed by atoms with Gasteiger partial charge in [0.05, 0.1) is 61.5 Å². The van der Waals surface area contributed by atoms with E-state index in [-0.39, 0.29) is 61.0 Å². The molecular weight excluding hydrogens is 837 g/mol. The van der Waals surface area contributed by atoms with Crippen LogP contribution in [0.2, 0.25) is 5.02 Å². The summed E-state index contributed by atoms with van der Waals surface area (Å²) in [6.45, 7) is 1.66. The number of nitrogens with one attached hydrogen (secondary N) is 1. The number of allylic oxidation sites excluding steroid dienone is 2. The third-order valence-electron chi connectivity index (χ3n) is 12.5. The number of carbonyl (C=O) groups is 2. The van der Waals surface area contributed by atoms with Gasteiger partial charge in [-0.1, -0.05) is 41.9 Å². The minimum absolute atomic E-state index is 0.0822. The Morgan fingerprint density at radius 2 is 1.65 bits per heavy atom. The number of ether oxygens (including phenoxy) is 3. The van der Waals surface area contributed by atoms with E-state index in [0.717, 1.165) is 9.58 Å². The molecule has 4 atom stereocenters. The zero-order valence-corrected chi connectivity index (χ0v) is 35.3. The number of fused-ring (bicyclic) bond motifs is 5. The van der Waals surface area contributed by atoms with Crippen molar-refractivity contribution < 1.29 is 33.3 Å². The van der Waals surface area contributed by atoms with Gasteiger partial charge < -0.3 is 23.9 Å². The number of rotatable bonds is 11. The van der Waals surface area contributed by atoms with Crippen LogP contribution in [-0.4, -0.2) is 66.2 Å². The number of hydrogen-bond donors (Lipinski definition) is 2. The largest absolute Gasteiger partial charge is 0.504 e. The molecular formula is C45H41ClFN7O9. The van der Waals surface area contributed by atoms with Crippen LogP contribution in [0, 0.1) is 11.7 Å². The van der Waals surface area contributed by atoms with Crippen molar-refractivity contribution in [2.24, 2.45) is 13.0 Å². The molecule has 4 aromatic carbocycles. The fraction of sp³-hybridized carbons (Fsp3) is 0.289. The third kappa shape index (κ3) is 6.31. The van der Waals surface area contributed by atoms with Crippen molar-refractivity contribution in [3.8, 4) is 23.0 Å². The first-order valence-corrected chi connectivity index (χ1v) is 20.6. The van der Waals surface area contributed by atoms with Crippen LogP contribution in [0.15, 0.2) is 105 Å². The van der Waals surface area contributed by atoms with Gasteiger partial charge in [-0.05, 0) is 66.9 Å². The molecule has 3 aliphatic rings. The highest BCUT2D eigenvalue weighted by molar-refractivity contribution is 6.30. The lowest BCUT2D eigenvalue weighted by Gasteiger charge is -2.49. The summed E-state index contributed by atoms with van der Waals surface area (Å²) in [6.07, 6.45) is 1.56. The summed E-state index contributed by atoms with van der Waals surface area (Å²) < 4.78 is 35.7. The summed E-state index contributed by atoms with van der Waals surface area (Å²) in [6, 6.07) is 18.9. The fourth-order valence-electron chi connectivity index (χ4n) is 9.63. The highest BCUT2D eigenvalue weighted by Crippen LogP contribution is 2.63. The number of halogens is 2. The molecule has 9 rings (SSSR count). The number of imide groups is 1. The summed E-state index contributed by atoms with van der Waals surface area (Å²) in [5, 5.41) is 13.3. The maximum atomic E-state index is 15.4. The van der Waals surface area contributed by atoms with Crippen LogP contribution < -0.4 is 36.6 Å². The SMILES string of the molecule is CCOc1cccc([C@H]2C3=CCn4c(=O)n(CCc5nc6cc(OC)c(OC)cc6n(C)c5=O)c(=O)n4[C@@H]3C[C@H]3C(=O)N(Nc4ccc(F)cc4)C(=O)[C@@]23c2ccc(Cl)cc2)c1O. The number of hydrazine groups is 1. The van der Waals surface area contributed by atoms with Crippen LogP contribution in [0.4, 0.5) is 10.1 Å². The van der Waals surface area contributed by atoms with E-state index >= 15 is 4.79 Å². The van der Waals surface area contributed by atoms with Crippen LogP contribution in [0.1, 0.15) is 42.1 Å². The van der Waals surface area contributed by atoms with Gasteiger partial charge in [-0.3, -0.25) is 19.8 Å². The monoisotopic (exact) mass is 877 g/mol. The second-order valence-corrected chi connectivity index (χ2v) is 16.0. The third-order valence-corrected chi connectivity index (χ3v) is 12.7. The van der Waals surface area contributed by atoms with Gasteiger partial charge >= 0.3 is 11.4 Å². The molecule has 6 aromatic rings. The zero-order chi connectivity index (χ0) is 44.5. The Kier molecular flexibility index (Phi) is 10.2.